The lowest BCUT2D eigenvalue weighted by Gasteiger charge is -2.14. The molecule has 0 spiro atoms. The SMILES string of the molecule is COc1ccc(/C=C2/C(=O)N(c3cccc(C(F)(F)F)c3)N=C2C)cc1OC. The van der Waals surface area contributed by atoms with E-state index in [-0.39, 0.29) is 11.3 Å². The summed E-state index contributed by atoms with van der Waals surface area (Å²) < 4.78 is 49.3. The van der Waals surface area contributed by atoms with Crippen LogP contribution in [0.15, 0.2) is 53.1 Å². The van der Waals surface area contributed by atoms with Gasteiger partial charge in [0.2, 0.25) is 0 Å². The number of halogens is 3. The van der Waals surface area contributed by atoms with Gasteiger partial charge in [0.25, 0.3) is 5.91 Å². The fourth-order valence-electron chi connectivity index (χ4n) is 2.78. The third-order valence-corrected chi connectivity index (χ3v) is 4.20. The van der Waals surface area contributed by atoms with Gasteiger partial charge < -0.3 is 9.47 Å². The molecule has 0 unspecified atom stereocenters. The van der Waals surface area contributed by atoms with Crippen LogP contribution < -0.4 is 14.5 Å². The maximum absolute atomic E-state index is 13.0. The number of hydrazone groups is 1. The van der Waals surface area contributed by atoms with Gasteiger partial charge in [0, 0.05) is 0 Å². The van der Waals surface area contributed by atoms with Gasteiger partial charge in [-0.1, -0.05) is 12.1 Å². The average Bonchev–Trinajstić information content (AvgIpc) is 2.95. The van der Waals surface area contributed by atoms with Crippen LogP contribution in [0.4, 0.5) is 18.9 Å². The number of anilines is 1. The van der Waals surface area contributed by atoms with Gasteiger partial charge in [-0.15, -0.1) is 0 Å². The van der Waals surface area contributed by atoms with Gasteiger partial charge in [0.15, 0.2) is 11.5 Å². The molecule has 2 aromatic carbocycles. The zero-order valence-corrected chi connectivity index (χ0v) is 15.4. The molecule has 1 amide bonds. The highest BCUT2D eigenvalue weighted by Crippen LogP contribution is 2.34. The van der Waals surface area contributed by atoms with E-state index in [0.717, 1.165) is 17.1 Å². The van der Waals surface area contributed by atoms with Crippen LogP contribution in [0, 0.1) is 0 Å². The van der Waals surface area contributed by atoms with Crippen molar-refractivity contribution in [3.63, 3.8) is 0 Å². The average molecular weight is 390 g/mol. The Labute approximate surface area is 159 Å². The van der Waals surface area contributed by atoms with Gasteiger partial charge in [-0.3, -0.25) is 4.79 Å². The molecule has 146 valence electrons. The van der Waals surface area contributed by atoms with E-state index >= 15 is 0 Å². The maximum atomic E-state index is 13.0. The Hall–Kier alpha value is -3.29. The molecule has 8 heteroatoms. The van der Waals surface area contributed by atoms with E-state index < -0.39 is 17.6 Å². The summed E-state index contributed by atoms with van der Waals surface area (Å²) >= 11 is 0. The summed E-state index contributed by atoms with van der Waals surface area (Å²) in [4.78, 5) is 12.8. The van der Waals surface area contributed by atoms with Crippen LogP contribution in [-0.4, -0.2) is 25.8 Å². The first kappa shape index (κ1) is 19.5. The Morgan fingerprint density at radius 1 is 1.04 bits per heavy atom. The number of ether oxygens (including phenoxy) is 2. The normalized spacial score (nSPS) is 15.8. The number of alkyl halides is 3. The van der Waals surface area contributed by atoms with E-state index in [1.165, 1.54) is 26.4 Å². The summed E-state index contributed by atoms with van der Waals surface area (Å²) in [5.74, 6) is 0.525. The Kier molecular flexibility index (Phi) is 5.13. The molecule has 3 rings (SSSR count). The number of hydrogen-bond acceptors (Lipinski definition) is 4. The molecular weight excluding hydrogens is 373 g/mol. The summed E-state index contributed by atoms with van der Waals surface area (Å²) in [6.45, 7) is 1.62. The quantitative estimate of drug-likeness (QED) is 0.721. The number of carbonyl (C=O) groups excluding carboxylic acids is 1. The number of nitrogens with zero attached hydrogens (tertiary/aromatic N) is 2. The van der Waals surface area contributed by atoms with Crippen molar-refractivity contribution in [1.29, 1.82) is 0 Å². The van der Waals surface area contributed by atoms with Crippen LogP contribution in [0.25, 0.3) is 6.08 Å². The molecule has 0 N–H and O–H groups in total. The van der Waals surface area contributed by atoms with Crippen molar-refractivity contribution in [3.8, 4) is 11.5 Å². The second-order valence-corrected chi connectivity index (χ2v) is 6.02. The lowest BCUT2D eigenvalue weighted by atomic mass is 10.1. The molecule has 1 aliphatic rings. The van der Waals surface area contributed by atoms with E-state index in [1.54, 1.807) is 31.2 Å². The van der Waals surface area contributed by atoms with Crippen LogP contribution in [0.5, 0.6) is 11.5 Å². The summed E-state index contributed by atoms with van der Waals surface area (Å²) in [6, 6.07) is 9.62. The monoisotopic (exact) mass is 390 g/mol. The molecule has 1 heterocycles. The van der Waals surface area contributed by atoms with Crippen molar-refractivity contribution in [2.24, 2.45) is 5.10 Å². The predicted molar refractivity (Wildman–Crippen MR) is 99.6 cm³/mol. The Morgan fingerprint density at radius 2 is 1.75 bits per heavy atom. The standard InChI is InChI=1S/C20H17F3N2O3/c1-12-16(9-13-7-8-17(27-2)18(10-13)28-3)19(26)25(24-12)15-6-4-5-14(11-15)20(21,22)23/h4-11H,1-3H3/b16-9+. The topological polar surface area (TPSA) is 51.1 Å². The van der Waals surface area contributed by atoms with Crippen LogP contribution in [0.1, 0.15) is 18.1 Å². The summed E-state index contributed by atoms with van der Waals surface area (Å²) in [5.41, 5.74) is 0.557. The molecule has 0 bridgehead atoms. The first-order valence-corrected chi connectivity index (χ1v) is 8.25. The largest absolute Gasteiger partial charge is 0.493 e. The molecule has 0 saturated heterocycles. The second kappa shape index (κ2) is 7.38. The fourth-order valence-corrected chi connectivity index (χ4v) is 2.78. The molecule has 0 atom stereocenters. The maximum Gasteiger partial charge on any atom is 0.416 e. The minimum Gasteiger partial charge on any atom is -0.493 e. The molecule has 1 aliphatic heterocycles. The van der Waals surface area contributed by atoms with Gasteiger partial charge in [-0.2, -0.15) is 23.3 Å². The minimum atomic E-state index is -4.50. The first-order chi connectivity index (χ1) is 13.2. The van der Waals surface area contributed by atoms with E-state index in [0.29, 0.717) is 22.8 Å². The van der Waals surface area contributed by atoms with Crippen LogP contribution in [0.3, 0.4) is 0 Å². The zero-order chi connectivity index (χ0) is 20.5. The van der Waals surface area contributed by atoms with E-state index in [9.17, 15) is 18.0 Å². The Morgan fingerprint density at radius 3 is 2.39 bits per heavy atom. The number of benzene rings is 2. The molecule has 28 heavy (non-hydrogen) atoms. The third-order valence-electron chi connectivity index (χ3n) is 4.20. The third kappa shape index (κ3) is 3.71. The smallest absolute Gasteiger partial charge is 0.416 e. The van der Waals surface area contributed by atoms with Gasteiger partial charge in [0.05, 0.1) is 36.8 Å². The molecule has 0 saturated carbocycles. The van der Waals surface area contributed by atoms with E-state index in [2.05, 4.69) is 5.10 Å². The number of hydrogen-bond donors (Lipinski definition) is 0. The molecule has 0 aromatic heterocycles. The molecule has 0 radical (unpaired) electrons. The number of rotatable bonds is 4. The van der Waals surface area contributed by atoms with Crippen molar-refractivity contribution >= 4 is 23.4 Å². The molecule has 0 fully saturated rings. The molecular formula is C20H17F3N2O3. The molecule has 2 aromatic rings. The van der Waals surface area contributed by atoms with Gasteiger partial charge in [-0.05, 0) is 48.9 Å². The lowest BCUT2D eigenvalue weighted by molar-refractivity contribution is -0.137. The molecule has 0 aliphatic carbocycles. The predicted octanol–water partition coefficient (Wildman–Crippen LogP) is 4.53. The number of amides is 1. The summed E-state index contributed by atoms with van der Waals surface area (Å²) in [5, 5.41) is 5.10. The minimum absolute atomic E-state index is 0.0508. The summed E-state index contributed by atoms with van der Waals surface area (Å²) in [7, 11) is 3.01. The fraction of sp³-hybridized carbons (Fsp3) is 0.200. The highest BCUT2D eigenvalue weighted by Gasteiger charge is 2.33. The van der Waals surface area contributed by atoms with E-state index in [1.807, 2.05) is 0 Å². The number of carbonyl (C=O) groups is 1. The van der Waals surface area contributed by atoms with E-state index in [4.69, 9.17) is 9.47 Å². The zero-order valence-electron chi connectivity index (χ0n) is 15.4. The van der Waals surface area contributed by atoms with Crippen LogP contribution in [-0.2, 0) is 11.0 Å². The number of methoxy groups -OCH3 is 2. The lowest BCUT2D eigenvalue weighted by Crippen LogP contribution is -2.21. The van der Waals surface area contributed by atoms with Crippen molar-refractivity contribution < 1.29 is 27.4 Å². The highest BCUT2D eigenvalue weighted by atomic mass is 19.4. The first-order valence-electron chi connectivity index (χ1n) is 8.25. The molecule has 5 nitrogen and oxygen atoms in total. The van der Waals surface area contributed by atoms with Gasteiger partial charge in [-0.25, -0.2) is 0 Å². The Balaban J connectivity index is 1.94. The van der Waals surface area contributed by atoms with Crippen LogP contribution in [0.2, 0.25) is 0 Å². The van der Waals surface area contributed by atoms with Crippen LogP contribution >= 0.6 is 0 Å². The Bertz CT molecular complexity index is 981. The van der Waals surface area contributed by atoms with Gasteiger partial charge in [0.1, 0.15) is 0 Å². The van der Waals surface area contributed by atoms with Gasteiger partial charge >= 0.3 is 6.18 Å². The highest BCUT2D eigenvalue weighted by molar-refractivity contribution is 6.32. The second-order valence-electron chi connectivity index (χ2n) is 6.02. The van der Waals surface area contributed by atoms with Crippen molar-refractivity contribution in [2.75, 3.05) is 19.2 Å². The van der Waals surface area contributed by atoms with Crippen molar-refractivity contribution in [2.45, 2.75) is 13.1 Å². The van der Waals surface area contributed by atoms with Crippen molar-refractivity contribution in [3.05, 3.63) is 59.2 Å². The summed E-state index contributed by atoms with van der Waals surface area (Å²) in [6.07, 6.45) is -2.90. The van der Waals surface area contributed by atoms with Crippen molar-refractivity contribution in [1.82, 2.24) is 0 Å².